The van der Waals surface area contributed by atoms with Crippen LogP contribution in [0.25, 0.3) is 0 Å². The molecule has 0 radical (unpaired) electrons. The molecule has 2 aromatic rings. The molecule has 0 unspecified atom stereocenters. The van der Waals surface area contributed by atoms with Crippen LogP contribution in [0.4, 0.5) is 0 Å². The van der Waals surface area contributed by atoms with E-state index in [0.717, 1.165) is 12.1 Å². The van der Waals surface area contributed by atoms with Gasteiger partial charge in [-0.1, -0.05) is 6.07 Å². The Morgan fingerprint density at radius 3 is 2.82 bits per heavy atom. The topological polar surface area (TPSA) is 49.9 Å². The number of carbonyl (C=O) groups is 1. The molecule has 1 aliphatic rings. The molecule has 1 atom stereocenters. The number of pyridine rings is 1. The maximum Gasteiger partial charge on any atom is 0.248 e. The van der Waals surface area contributed by atoms with E-state index < -0.39 is 0 Å². The molecule has 0 saturated carbocycles. The minimum absolute atomic E-state index is 0.126. The van der Waals surface area contributed by atoms with Gasteiger partial charge in [-0.2, -0.15) is 0 Å². The lowest BCUT2D eigenvalue weighted by molar-refractivity contribution is 0.0963. The van der Waals surface area contributed by atoms with Crippen LogP contribution in [0, 0.1) is 0 Å². The van der Waals surface area contributed by atoms with E-state index in [9.17, 15) is 9.59 Å². The number of thiophene rings is 1. The van der Waals surface area contributed by atoms with Gasteiger partial charge in [0.15, 0.2) is 5.78 Å². The van der Waals surface area contributed by atoms with Gasteiger partial charge in [0.2, 0.25) is 5.56 Å². The van der Waals surface area contributed by atoms with Crippen LogP contribution in [0.5, 0.6) is 0 Å². The molecule has 1 N–H and O–H groups in total. The van der Waals surface area contributed by atoms with Gasteiger partial charge in [-0.15, -0.1) is 11.3 Å². The summed E-state index contributed by atoms with van der Waals surface area (Å²) in [4.78, 5) is 27.3. The predicted molar refractivity (Wildman–Crippen MR) is 66.8 cm³/mol. The Hall–Kier alpha value is -1.68. The van der Waals surface area contributed by atoms with Gasteiger partial charge >= 0.3 is 0 Å². The summed E-state index contributed by atoms with van der Waals surface area (Å²) in [5, 5.41) is 2.02. The van der Waals surface area contributed by atoms with Crippen molar-refractivity contribution in [2.75, 3.05) is 0 Å². The summed E-state index contributed by atoms with van der Waals surface area (Å²) in [6.07, 6.45) is 1.29. The van der Waals surface area contributed by atoms with Crippen molar-refractivity contribution in [3.05, 3.63) is 56.1 Å². The lowest BCUT2D eigenvalue weighted by Crippen LogP contribution is -2.22. The molecule has 0 fully saturated rings. The highest BCUT2D eigenvalue weighted by Crippen LogP contribution is 2.33. The number of Topliss-reactive ketones (excluding diaryl/α,β-unsaturated/α-hetero) is 1. The van der Waals surface area contributed by atoms with Crippen LogP contribution < -0.4 is 5.56 Å². The molecule has 2 aromatic heterocycles. The van der Waals surface area contributed by atoms with Gasteiger partial charge in [0.1, 0.15) is 0 Å². The predicted octanol–water partition coefficient (Wildman–Crippen LogP) is 2.35. The first-order valence-corrected chi connectivity index (χ1v) is 6.41. The van der Waals surface area contributed by atoms with E-state index in [1.54, 1.807) is 17.4 Å². The van der Waals surface area contributed by atoms with Gasteiger partial charge < -0.3 is 4.98 Å². The highest BCUT2D eigenvalue weighted by molar-refractivity contribution is 7.10. The van der Waals surface area contributed by atoms with Crippen LogP contribution >= 0.6 is 11.3 Å². The van der Waals surface area contributed by atoms with Crippen LogP contribution in [0.3, 0.4) is 0 Å². The Morgan fingerprint density at radius 1 is 1.18 bits per heavy atom. The SMILES string of the molecule is O=C1C[C@H](c2cccs2)Cc2[nH]c(=O)ccc21. The maximum absolute atomic E-state index is 12.0. The number of fused-ring (bicyclic) bond motifs is 1. The van der Waals surface area contributed by atoms with Crippen molar-refractivity contribution in [1.82, 2.24) is 4.98 Å². The van der Waals surface area contributed by atoms with E-state index in [2.05, 4.69) is 11.1 Å². The number of ketones is 1. The first-order valence-electron chi connectivity index (χ1n) is 5.53. The summed E-state index contributed by atoms with van der Waals surface area (Å²) < 4.78 is 0. The van der Waals surface area contributed by atoms with Gasteiger partial charge in [0, 0.05) is 34.5 Å². The van der Waals surface area contributed by atoms with Gasteiger partial charge in [-0.3, -0.25) is 9.59 Å². The summed E-state index contributed by atoms with van der Waals surface area (Å²) in [5.41, 5.74) is 1.33. The average molecular weight is 245 g/mol. The quantitative estimate of drug-likeness (QED) is 0.838. The first kappa shape index (κ1) is 10.5. The largest absolute Gasteiger partial charge is 0.325 e. The summed E-state index contributed by atoms with van der Waals surface area (Å²) >= 11 is 1.67. The molecule has 0 spiro atoms. The Labute approximate surface area is 102 Å². The zero-order valence-electron chi connectivity index (χ0n) is 9.10. The van der Waals surface area contributed by atoms with Crippen LogP contribution in [0.15, 0.2) is 34.4 Å². The zero-order valence-corrected chi connectivity index (χ0v) is 9.92. The molecular formula is C13H11NO2S. The van der Waals surface area contributed by atoms with Gasteiger partial charge in [-0.25, -0.2) is 0 Å². The fraction of sp³-hybridized carbons (Fsp3) is 0.231. The molecule has 0 bridgehead atoms. The van der Waals surface area contributed by atoms with Gasteiger partial charge in [0.05, 0.1) is 0 Å². The second-order valence-electron chi connectivity index (χ2n) is 4.26. The maximum atomic E-state index is 12.0. The summed E-state index contributed by atoms with van der Waals surface area (Å²) in [5.74, 6) is 0.342. The lowest BCUT2D eigenvalue weighted by Gasteiger charge is -2.22. The van der Waals surface area contributed by atoms with Crippen molar-refractivity contribution in [3.63, 3.8) is 0 Å². The summed E-state index contributed by atoms with van der Waals surface area (Å²) in [6, 6.07) is 7.10. The van der Waals surface area contributed by atoms with Crippen molar-refractivity contribution < 1.29 is 4.79 Å². The normalized spacial score (nSPS) is 19.1. The van der Waals surface area contributed by atoms with Crippen molar-refractivity contribution in [1.29, 1.82) is 0 Å². The second kappa shape index (κ2) is 3.96. The lowest BCUT2D eigenvalue weighted by atomic mass is 9.85. The van der Waals surface area contributed by atoms with E-state index in [4.69, 9.17) is 0 Å². The third-order valence-corrected chi connectivity index (χ3v) is 4.16. The molecule has 86 valence electrons. The zero-order chi connectivity index (χ0) is 11.8. The monoisotopic (exact) mass is 245 g/mol. The molecule has 4 heteroatoms. The van der Waals surface area contributed by atoms with E-state index in [0.29, 0.717) is 12.0 Å². The number of hydrogen-bond donors (Lipinski definition) is 1. The van der Waals surface area contributed by atoms with Crippen molar-refractivity contribution in [2.24, 2.45) is 0 Å². The molecule has 3 rings (SSSR count). The average Bonchev–Trinajstić information content (AvgIpc) is 2.81. The first-order chi connectivity index (χ1) is 8.24. The number of hydrogen-bond acceptors (Lipinski definition) is 3. The minimum Gasteiger partial charge on any atom is -0.325 e. The van der Waals surface area contributed by atoms with Gasteiger partial charge in [0.25, 0.3) is 0 Å². The number of nitrogens with one attached hydrogen (secondary N) is 1. The Kier molecular flexibility index (Phi) is 2.44. The van der Waals surface area contributed by atoms with E-state index in [1.807, 2.05) is 11.4 Å². The Balaban J connectivity index is 2.02. The highest BCUT2D eigenvalue weighted by atomic mass is 32.1. The van der Waals surface area contributed by atoms with Crippen LogP contribution in [-0.2, 0) is 6.42 Å². The molecule has 0 aliphatic heterocycles. The number of carbonyl (C=O) groups excluding carboxylic acids is 1. The molecule has 0 saturated heterocycles. The van der Waals surface area contributed by atoms with Crippen LogP contribution in [0.1, 0.15) is 33.3 Å². The minimum atomic E-state index is -0.136. The fourth-order valence-electron chi connectivity index (χ4n) is 2.32. The molecule has 17 heavy (non-hydrogen) atoms. The van der Waals surface area contributed by atoms with E-state index in [-0.39, 0.29) is 17.3 Å². The van der Waals surface area contributed by atoms with Gasteiger partial charge in [-0.05, 0) is 23.9 Å². The molecular weight excluding hydrogens is 234 g/mol. The summed E-state index contributed by atoms with van der Waals surface area (Å²) in [6.45, 7) is 0. The Morgan fingerprint density at radius 2 is 2.06 bits per heavy atom. The smallest absolute Gasteiger partial charge is 0.248 e. The third-order valence-electron chi connectivity index (χ3n) is 3.13. The number of rotatable bonds is 1. The van der Waals surface area contributed by atoms with E-state index in [1.165, 1.54) is 10.9 Å². The summed E-state index contributed by atoms with van der Waals surface area (Å²) in [7, 11) is 0. The third kappa shape index (κ3) is 1.85. The molecule has 0 amide bonds. The standard InChI is InChI=1S/C13H11NO2S/c15-11-7-8(12-2-1-5-17-12)6-10-9(11)3-4-13(16)14-10/h1-5,8H,6-7H2,(H,14,16)/t8-/m1/s1. The van der Waals surface area contributed by atoms with Crippen LogP contribution in [-0.4, -0.2) is 10.8 Å². The fourth-order valence-corrected chi connectivity index (χ4v) is 3.15. The number of aromatic nitrogens is 1. The van der Waals surface area contributed by atoms with Crippen molar-refractivity contribution >= 4 is 17.1 Å². The van der Waals surface area contributed by atoms with Crippen LogP contribution in [0.2, 0.25) is 0 Å². The van der Waals surface area contributed by atoms with E-state index >= 15 is 0 Å². The van der Waals surface area contributed by atoms with Crippen molar-refractivity contribution in [2.45, 2.75) is 18.8 Å². The number of H-pyrrole nitrogens is 1. The molecule has 3 nitrogen and oxygen atoms in total. The second-order valence-corrected chi connectivity index (χ2v) is 5.24. The highest BCUT2D eigenvalue weighted by Gasteiger charge is 2.27. The Bertz CT molecular complexity index is 613. The molecule has 2 heterocycles. The number of aromatic amines is 1. The molecule has 0 aromatic carbocycles. The molecule has 1 aliphatic carbocycles. The van der Waals surface area contributed by atoms with Crippen molar-refractivity contribution in [3.8, 4) is 0 Å².